The molecule has 1 rings (SSSR count). The molecule has 96 valence electrons. The summed E-state index contributed by atoms with van der Waals surface area (Å²) in [6.07, 6.45) is -1.99. The quantitative estimate of drug-likeness (QED) is 0.640. The predicted molar refractivity (Wildman–Crippen MR) is 58.8 cm³/mol. The summed E-state index contributed by atoms with van der Waals surface area (Å²) in [5.74, 6) is 0. The van der Waals surface area contributed by atoms with E-state index in [-0.39, 0.29) is 5.56 Å². The van der Waals surface area contributed by atoms with Crippen molar-refractivity contribution in [2.45, 2.75) is 13.0 Å². The molecule has 0 aliphatic heterocycles. The van der Waals surface area contributed by atoms with Crippen molar-refractivity contribution in [1.82, 2.24) is 0 Å². The van der Waals surface area contributed by atoms with Gasteiger partial charge in [-0.15, -0.1) is 0 Å². The number of benzene rings is 1. The molecule has 0 bridgehead atoms. The Balaban J connectivity index is 3.22. The van der Waals surface area contributed by atoms with Crippen LogP contribution in [-0.2, 0) is 4.74 Å². The van der Waals surface area contributed by atoms with Gasteiger partial charge in [0.15, 0.2) is 0 Å². The third-order valence-corrected chi connectivity index (χ3v) is 2.11. The van der Waals surface area contributed by atoms with Crippen LogP contribution in [0.2, 0.25) is 0 Å². The van der Waals surface area contributed by atoms with E-state index in [4.69, 9.17) is 5.73 Å². The van der Waals surface area contributed by atoms with Crippen molar-refractivity contribution in [1.29, 1.82) is 0 Å². The lowest BCUT2D eigenvalue weighted by atomic mass is 10.1. The average Bonchev–Trinajstić information content (AvgIpc) is 2.27. The van der Waals surface area contributed by atoms with Gasteiger partial charge in [0.25, 0.3) is 11.4 Å². The molecule has 1 aromatic rings. The highest BCUT2D eigenvalue weighted by molar-refractivity contribution is 5.65. The van der Waals surface area contributed by atoms with Crippen molar-refractivity contribution in [2.24, 2.45) is 5.73 Å². The lowest BCUT2D eigenvalue weighted by molar-refractivity contribution is -0.394. The number of ether oxygens (including phenoxy) is 1. The summed E-state index contributed by atoms with van der Waals surface area (Å²) in [4.78, 5) is 30.3. The second-order valence-electron chi connectivity index (χ2n) is 3.38. The van der Waals surface area contributed by atoms with Crippen LogP contribution in [-0.4, -0.2) is 15.9 Å². The molecule has 1 aromatic carbocycles. The predicted octanol–water partition coefficient (Wildman–Crippen LogP) is 1.66. The smallest absolute Gasteiger partial charge is 0.405 e. The van der Waals surface area contributed by atoms with Gasteiger partial charge in [-0.1, -0.05) is 0 Å². The molecule has 0 aliphatic carbocycles. The van der Waals surface area contributed by atoms with Gasteiger partial charge in [-0.25, -0.2) is 4.79 Å². The Bertz CT molecular complexity index is 483. The SMILES string of the molecule is CC(OC(N)=O)c1cc([N+](=O)[O-])cc([N+](=O)[O-])c1. The monoisotopic (exact) mass is 255 g/mol. The summed E-state index contributed by atoms with van der Waals surface area (Å²) in [6, 6.07) is 2.99. The number of primary amides is 1. The summed E-state index contributed by atoms with van der Waals surface area (Å²) in [6.45, 7) is 1.40. The summed E-state index contributed by atoms with van der Waals surface area (Å²) in [5.41, 5.74) is 4.00. The van der Waals surface area contributed by atoms with Crippen LogP contribution >= 0.6 is 0 Å². The average molecular weight is 255 g/mol. The van der Waals surface area contributed by atoms with Crippen LogP contribution in [0.5, 0.6) is 0 Å². The molecule has 2 N–H and O–H groups in total. The topological polar surface area (TPSA) is 139 Å². The molecule has 18 heavy (non-hydrogen) atoms. The highest BCUT2D eigenvalue weighted by atomic mass is 16.6. The Morgan fingerprint density at radius 1 is 1.22 bits per heavy atom. The molecular formula is C9H9N3O6. The maximum absolute atomic E-state index is 10.6. The highest BCUT2D eigenvalue weighted by Crippen LogP contribution is 2.27. The third kappa shape index (κ3) is 3.14. The van der Waals surface area contributed by atoms with Gasteiger partial charge >= 0.3 is 6.09 Å². The van der Waals surface area contributed by atoms with Crippen molar-refractivity contribution in [2.75, 3.05) is 0 Å². The minimum Gasteiger partial charge on any atom is -0.442 e. The molecule has 0 saturated heterocycles. The van der Waals surface area contributed by atoms with Gasteiger partial charge in [0.1, 0.15) is 6.10 Å². The Morgan fingerprint density at radius 2 is 1.67 bits per heavy atom. The Hall–Kier alpha value is -2.71. The molecular weight excluding hydrogens is 246 g/mol. The molecule has 0 aliphatic rings. The van der Waals surface area contributed by atoms with E-state index >= 15 is 0 Å². The van der Waals surface area contributed by atoms with Gasteiger partial charge < -0.3 is 10.5 Å². The van der Waals surface area contributed by atoms with E-state index in [1.165, 1.54) is 6.92 Å². The maximum Gasteiger partial charge on any atom is 0.405 e. The molecule has 0 fully saturated rings. The number of non-ortho nitro benzene ring substituents is 2. The molecule has 1 amide bonds. The van der Waals surface area contributed by atoms with Crippen molar-refractivity contribution >= 4 is 17.5 Å². The van der Waals surface area contributed by atoms with Gasteiger partial charge in [-0.05, 0) is 6.92 Å². The number of amides is 1. The van der Waals surface area contributed by atoms with Crippen molar-refractivity contribution in [3.8, 4) is 0 Å². The molecule has 0 spiro atoms. The number of nitro benzene ring substituents is 2. The van der Waals surface area contributed by atoms with Crippen LogP contribution < -0.4 is 5.73 Å². The van der Waals surface area contributed by atoms with Crippen LogP contribution in [0.15, 0.2) is 18.2 Å². The molecule has 9 nitrogen and oxygen atoms in total. The van der Waals surface area contributed by atoms with Crippen LogP contribution in [0.1, 0.15) is 18.6 Å². The minimum absolute atomic E-state index is 0.120. The first-order chi connectivity index (χ1) is 8.31. The van der Waals surface area contributed by atoms with Crippen LogP contribution in [0.25, 0.3) is 0 Å². The van der Waals surface area contributed by atoms with E-state index in [2.05, 4.69) is 4.74 Å². The Labute approximate surface area is 100 Å². The second-order valence-corrected chi connectivity index (χ2v) is 3.38. The molecule has 9 heteroatoms. The Kier molecular flexibility index (Phi) is 3.77. The van der Waals surface area contributed by atoms with Gasteiger partial charge in [0.2, 0.25) is 0 Å². The molecule has 0 aromatic heterocycles. The van der Waals surface area contributed by atoms with Gasteiger partial charge in [-0.3, -0.25) is 20.2 Å². The van der Waals surface area contributed by atoms with E-state index in [1.54, 1.807) is 0 Å². The molecule has 0 heterocycles. The zero-order valence-electron chi connectivity index (χ0n) is 9.23. The van der Waals surface area contributed by atoms with Crippen LogP contribution in [0.4, 0.5) is 16.2 Å². The number of nitro groups is 2. The zero-order valence-corrected chi connectivity index (χ0v) is 9.23. The summed E-state index contributed by atoms with van der Waals surface area (Å²) in [5, 5.41) is 21.2. The summed E-state index contributed by atoms with van der Waals surface area (Å²) >= 11 is 0. The van der Waals surface area contributed by atoms with E-state index in [1.807, 2.05) is 0 Å². The first-order valence-corrected chi connectivity index (χ1v) is 4.71. The number of carbonyl (C=O) groups excluding carboxylic acids is 1. The number of nitrogens with two attached hydrogens (primary N) is 1. The summed E-state index contributed by atoms with van der Waals surface area (Å²) in [7, 11) is 0. The van der Waals surface area contributed by atoms with Gasteiger partial charge in [0.05, 0.1) is 15.9 Å². The van der Waals surface area contributed by atoms with E-state index in [9.17, 15) is 25.0 Å². The zero-order chi connectivity index (χ0) is 13.9. The third-order valence-electron chi connectivity index (χ3n) is 2.11. The number of rotatable bonds is 4. The van der Waals surface area contributed by atoms with E-state index in [0.717, 1.165) is 18.2 Å². The van der Waals surface area contributed by atoms with Crippen LogP contribution in [0.3, 0.4) is 0 Å². The fraction of sp³-hybridized carbons (Fsp3) is 0.222. The van der Waals surface area contributed by atoms with Gasteiger partial charge in [-0.2, -0.15) is 0 Å². The van der Waals surface area contributed by atoms with Crippen molar-refractivity contribution in [3.63, 3.8) is 0 Å². The highest BCUT2D eigenvalue weighted by Gasteiger charge is 2.20. The fourth-order valence-corrected chi connectivity index (χ4v) is 1.31. The molecule has 1 unspecified atom stereocenters. The normalized spacial score (nSPS) is 11.6. The van der Waals surface area contributed by atoms with Crippen LogP contribution in [0, 0.1) is 20.2 Å². The largest absolute Gasteiger partial charge is 0.442 e. The van der Waals surface area contributed by atoms with Crippen molar-refractivity contribution in [3.05, 3.63) is 44.0 Å². The first kappa shape index (κ1) is 13.4. The molecule has 0 radical (unpaired) electrons. The fourth-order valence-electron chi connectivity index (χ4n) is 1.31. The number of hydrogen-bond donors (Lipinski definition) is 1. The number of hydrogen-bond acceptors (Lipinski definition) is 6. The molecule has 1 atom stereocenters. The lowest BCUT2D eigenvalue weighted by Gasteiger charge is -2.11. The first-order valence-electron chi connectivity index (χ1n) is 4.71. The van der Waals surface area contributed by atoms with Gasteiger partial charge in [0, 0.05) is 17.7 Å². The van der Waals surface area contributed by atoms with E-state index < -0.39 is 33.4 Å². The lowest BCUT2D eigenvalue weighted by Crippen LogP contribution is -2.15. The standard InChI is InChI=1S/C9H9N3O6/c1-5(18-9(10)13)6-2-7(11(14)15)4-8(3-6)12(16)17/h2-5H,1H3,(H2,10,13). The Morgan fingerprint density at radius 3 is 2.00 bits per heavy atom. The number of carbonyl (C=O) groups is 1. The summed E-state index contributed by atoms with van der Waals surface area (Å²) < 4.78 is 4.60. The van der Waals surface area contributed by atoms with E-state index in [0.29, 0.717) is 0 Å². The molecule has 0 saturated carbocycles. The number of nitrogens with zero attached hydrogens (tertiary/aromatic N) is 2. The maximum atomic E-state index is 10.6. The minimum atomic E-state index is -1.07. The second kappa shape index (κ2) is 5.08. The van der Waals surface area contributed by atoms with Crippen molar-refractivity contribution < 1.29 is 19.4 Å².